The van der Waals surface area contributed by atoms with Crippen LogP contribution in [-0.4, -0.2) is 26.0 Å². The Balaban J connectivity index is 2.41. The summed E-state index contributed by atoms with van der Waals surface area (Å²) in [6.07, 6.45) is 0. The summed E-state index contributed by atoms with van der Waals surface area (Å²) in [7, 11) is 1.60. The summed E-state index contributed by atoms with van der Waals surface area (Å²) >= 11 is 7.26. The Morgan fingerprint density at radius 2 is 2.33 bits per heavy atom. The van der Waals surface area contributed by atoms with Gasteiger partial charge < -0.3 is 0 Å². The summed E-state index contributed by atoms with van der Waals surface area (Å²) in [4.78, 5) is 13.5. The second kappa shape index (κ2) is 3.71. The molecule has 0 aliphatic carbocycles. The van der Waals surface area contributed by atoms with Crippen molar-refractivity contribution >= 4 is 28.7 Å². The normalized spacial score (nSPS) is 10.6. The maximum absolute atomic E-state index is 11.8. The molecule has 0 N–H and O–H groups in total. The van der Waals surface area contributed by atoms with Gasteiger partial charge in [0, 0.05) is 0 Å². The van der Waals surface area contributed by atoms with E-state index in [1.54, 1.807) is 7.05 Å². The molecule has 2 aromatic heterocycles. The minimum atomic E-state index is -0.286. The molecular weight excluding hydrogens is 236 g/mol. The Kier molecular flexibility index (Phi) is 2.54. The molecule has 0 spiro atoms. The van der Waals surface area contributed by atoms with Gasteiger partial charge in [0.2, 0.25) is 11.6 Å². The lowest BCUT2D eigenvalue weighted by Crippen LogP contribution is -2.03. The van der Waals surface area contributed by atoms with Crippen molar-refractivity contribution in [3.8, 4) is 0 Å². The first-order valence-electron chi connectivity index (χ1n) is 4.12. The molecule has 0 fully saturated rings. The van der Waals surface area contributed by atoms with Crippen LogP contribution in [0.3, 0.4) is 0 Å². The van der Waals surface area contributed by atoms with E-state index in [1.165, 1.54) is 16.1 Å². The molecule has 0 atom stereocenters. The van der Waals surface area contributed by atoms with E-state index < -0.39 is 0 Å². The molecular formula is C8H7ClN4OS. The summed E-state index contributed by atoms with van der Waals surface area (Å²) in [5, 5.41) is 13.4. The Labute approximate surface area is 94.7 Å². The average Bonchev–Trinajstić information content (AvgIpc) is 2.75. The number of nitrogens with zero attached hydrogens (tertiary/aromatic N) is 4. The average molecular weight is 243 g/mol. The number of halogens is 1. The summed E-state index contributed by atoms with van der Waals surface area (Å²) in [6, 6.07) is 0. The predicted octanol–water partition coefficient (Wildman–Crippen LogP) is 1.46. The molecule has 2 heterocycles. The van der Waals surface area contributed by atoms with E-state index in [0.717, 1.165) is 5.56 Å². The van der Waals surface area contributed by atoms with Gasteiger partial charge in [-0.1, -0.05) is 11.6 Å². The van der Waals surface area contributed by atoms with Gasteiger partial charge in [-0.05, 0) is 23.1 Å². The molecule has 78 valence electrons. The number of carbonyl (C=O) groups is 1. The molecule has 0 aliphatic rings. The molecule has 7 heteroatoms. The van der Waals surface area contributed by atoms with Gasteiger partial charge in [0.25, 0.3) is 0 Å². The van der Waals surface area contributed by atoms with Crippen LogP contribution in [0.5, 0.6) is 0 Å². The second-order valence-corrected chi connectivity index (χ2v) is 4.25. The number of ketones is 1. The lowest BCUT2D eigenvalue weighted by atomic mass is 10.2. The topological polar surface area (TPSA) is 60.7 Å². The van der Waals surface area contributed by atoms with Crippen LogP contribution in [0.4, 0.5) is 0 Å². The van der Waals surface area contributed by atoms with Crippen molar-refractivity contribution in [2.75, 3.05) is 0 Å². The fourth-order valence-electron chi connectivity index (χ4n) is 1.06. The van der Waals surface area contributed by atoms with E-state index in [2.05, 4.69) is 15.4 Å². The zero-order valence-electron chi connectivity index (χ0n) is 8.06. The van der Waals surface area contributed by atoms with Crippen LogP contribution in [0.2, 0.25) is 5.02 Å². The smallest absolute Gasteiger partial charge is 0.246 e. The molecule has 0 bridgehead atoms. The van der Waals surface area contributed by atoms with Crippen LogP contribution >= 0.6 is 22.9 Å². The molecule has 2 rings (SSSR count). The highest BCUT2D eigenvalue weighted by atomic mass is 35.5. The van der Waals surface area contributed by atoms with Gasteiger partial charge in [0.15, 0.2) is 0 Å². The first kappa shape index (κ1) is 10.3. The van der Waals surface area contributed by atoms with Gasteiger partial charge in [-0.15, -0.1) is 21.5 Å². The Morgan fingerprint density at radius 3 is 2.80 bits per heavy atom. The van der Waals surface area contributed by atoms with E-state index in [4.69, 9.17) is 11.6 Å². The zero-order chi connectivity index (χ0) is 11.0. The Bertz CT molecular complexity index is 518. The predicted molar refractivity (Wildman–Crippen MR) is 56.3 cm³/mol. The maximum Gasteiger partial charge on any atom is 0.246 e. The first-order chi connectivity index (χ1) is 7.09. The van der Waals surface area contributed by atoms with Crippen LogP contribution < -0.4 is 0 Å². The van der Waals surface area contributed by atoms with Crippen LogP contribution in [0.25, 0.3) is 0 Å². The molecule has 0 radical (unpaired) electrons. The molecule has 0 amide bonds. The van der Waals surface area contributed by atoms with E-state index in [9.17, 15) is 4.79 Å². The van der Waals surface area contributed by atoms with E-state index in [1.807, 2.05) is 12.3 Å². The van der Waals surface area contributed by atoms with Crippen molar-refractivity contribution in [3.05, 3.63) is 26.7 Å². The quantitative estimate of drug-likeness (QED) is 0.748. The molecule has 0 saturated carbocycles. The highest BCUT2D eigenvalue weighted by Crippen LogP contribution is 2.28. The minimum Gasteiger partial charge on any atom is -0.284 e. The highest BCUT2D eigenvalue weighted by molar-refractivity contribution is 7.13. The molecule has 2 aromatic rings. The number of tetrazole rings is 1. The largest absolute Gasteiger partial charge is 0.284 e. The fraction of sp³-hybridized carbons (Fsp3) is 0.250. The standard InChI is InChI=1S/C8H7ClN4OS/c1-4-3-15-7(5(4)9)6(14)8-10-12-13(2)11-8/h3H,1-2H3. The number of carbonyl (C=O) groups excluding carboxylic acids is 1. The number of aromatic nitrogens is 4. The minimum absolute atomic E-state index is 0.0706. The molecule has 0 unspecified atom stereocenters. The summed E-state index contributed by atoms with van der Waals surface area (Å²) < 4.78 is 0. The van der Waals surface area contributed by atoms with Gasteiger partial charge in [0.1, 0.15) is 0 Å². The van der Waals surface area contributed by atoms with Crippen LogP contribution in [0, 0.1) is 6.92 Å². The SMILES string of the molecule is Cc1csc(C(=O)c2nnn(C)n2)c1Cl. The molecule has 15 heavy (non-hydrogen) atoms. The van der Waals surface area contributed by atoms with Crippen molar-refractivity contribution in [3.63, 3.8) is 0 Å². The van der Waals surface area contributed by atoms with Crippen molar-refractivity contribution in [1.29, 1.82) is 0 Å². The highest BCUT2D eigenvalue weighted by Gasteiger charge is 2.20. The number of rotatable bonds is 2. The van der Waals surface area contributed by atoms with Crippen molar-refractivity contribution in [1.82, 2.24) is 20.2 Å². The Morgan fingerprint density at radius 1 is 1.60 bits per heavy atom. The van der Waals surface area contributed by atoms with E-state index >= 15 is 0 Å². The third kappa shape index (κ3) is 1.78. The molecule has 0 saturated heterocycles. The Hall–Kier alpha value is -1.27. The van der Waals surface area contributed by atoms with Gasteiger partial charge in [-0.2, -0.15) is 4.80 Å². The first-order valence-corrected chi connectivity index (χ1v) is 5.37. The van der Waals surface area contributed by atoms with Crippen molar-refractivity contribution < 1.29 is 4.79 Å². The van der Waals surface area contributed by atoms with Crippen LogP contribution in [0.15, 0.2) is 5.38 Å². The third-order valence-corrected chi connectivity index (χ3v) is 3.51. The maximum atomic E-state index is 11.8. The van der Waals surface area contributed by atoms with Gasteiger partial charge >= 0.3 is 0 Å². The zero-order valence-corrected chi connectivity index (χ0v) is 9.63. The summed E-state index contributed by atoms with van der Waals surface area (Å²) in [6.45, 7) is 1.85. The van der Waals surface area contributed by atoms with E-state index in [0.29, 0.717) is 9.90 Å². The van der Waals surface area contributed by atoms with Gasteiger partial charge in [-0.25, -0.2) is 0 Å². The van der Waals surface area contributed by atoms with Crippen molar-refractivity contribution in [2.24, 2.45) is 7.05 Å². The second-order valence-electron chi connectivity index (χ2n) is 2.99. The van der Waals surface area contributed by atoms with Gasteiger partial charge in [-0.3, -0.25) is 4.79 Å². The number of aryl methyl sites for hydroxylation is 2. The summed E-state index contributed by atoms with van der Waals surface area (Å²) in [5.41, 5.74) is 0.883. The lowest BCUT2D eigenvalue weighted by molar-refractivity contribution is 0.103. The lowest BCUT2D eigenvalue weighted by Gasteiger charge is -1.92. The van der Waals surface area contributed by atoms with Gasteiger partial charge in [0.05, 0.1) is 16.9 Å². The third-order valence-electron chi connectivity index (χ3n) is 1.82. The molecule has 5 nitrogen and oxygen atoms in total. The van der Waals surface area contributed by atoms with E-state index in [-0.39, 0.29) is 11.6 Å². The van der Waals surface area contributed by atoms with Crippen molar-refractivity contribution in [2.45, 2.75) is 6.92 Å². The van der Waals surface area contributed by atoms with Crippen LogP contribution in [0.1, 0.15) is 21.1 Å². The number of hydrogen-bond acceptors (Lipinski definition) is 5. The molecule has 0 aliphatic heterocycles. The number of hydrogen-bond donors (Lipinski definition) is 0. The fourth-order valence-corrected chi connectivity index (χ4v) is 2.27. The summed E-state index contributed by atoms with van der Waals surface area (Å²) in [5.74, 6) is -0.215. The monoisotopic (exact) mass is 242 g/mol. The van der Waals surface area contributed by atoms with Crippen LogP contribution in [-0.2, 0) is 7.05 Å². The number of thiophene rings is 1. The molecule has 0 aromatic carbocycles.